The van der Waals surface area contributed by atoms with Crippen molar-refractivity contribution in [1.82, 2.24) is 0 Å². The van der Waals surface area contributed by atoms with Gasteiger partial charge >= 0.3 is 0 Å². The molecule has 1 aliphatic rings. The maximum absolute atomic E-state index is 12.0. The Morgan fingerprint density at radius 3 is 2.22 bits per heavy atom. The Hall–Kier alpha value is -1.25. The van der Waals surface area contributed by atoms with E-state index in [1.54, 1.807) is 0 Å². The zero-order chi connectivity index (χ0) is 6.85. The molecule has 3 heteroatoms. The van der Waals surface area contributed by atoms with Gasteiger partial charge in [-0.1, -0.05) is 0 Å². The molecule has 0 bridgehead atoms. The molecule has 0 saturated carbocycles. The van der Waals surface area contributed by atoms with E-state index >= 15 is 0 Å². The van der Waals surface area contributed by atoms with Crippen molar-refractivity contribution in [2.45, 2.75) is 0 Å². The Labute approximate surface area is 50.7 Å². The quantitative estimate of drug-likeness (QED) is 0.351. The number of allylic oxidation sites excluding steroid dienone is 4. The zero-order valence-corrected chi connectivity index (χ0v) is 4.43. The number of carbonyl (C=O) groups is 2. The fourth-order valence-electron chi connectivity index (χ4n) is 0.482. The van der Waals surface area contributed by atoms with E-state index in [4.69, 9.17) is 0 Å². The standard InChI is InChI=1S/C6H3FO2/c7-4-1-2-5(8)6(9)3-4/h1-3H. The Bertz CT molecular complexity index is 225. The summed E-state index contributed by atoms with van der Waals surface area (Å²) in [6, 6.07) is 0. The van der Waals surface area contributed by atoms with Crippen LogP contribution in [0.4, 0.5) is 4.39 Å². The molecule has 0 N–H and O–H groups in total. The molecule has 0 atom stereocenters. The molecule has 0 aliphatic heterocycles. The minimum Gasteiger partial charge on any atom is -0.286 e. The van der Waals surface area contributed by atoms with Crippen LogP contribution in [0, 0.1) is 0 Å². The Balaban J connectivity index is 2.95. The zero-order valence-electron chi connectivity index (χ0n) is 4.43. The van der Waals surface area contributed by atoms with Gasteiger partial charge in [-0.25, -0.2) is 4.39 Å². The molecule has 46 valence electrons. The van der Waals surface area contributed by atoms with Crippen molar-refractivity contribution < 1.29 is 14.0 Å². The predicted octanol–water partition coefficient (Wildman–Crippen LogP) is 0.548. The number of carbonyl (C=O) groups excluding carboxylic acids is 2. The first-order valence-electron chi connectivity index (χ1n) is 2.34. The van der Waals surface area contributed by atoms with Gasteiger partial charge in [0.05, 0.1) is 0 Å². The highest BCUT2D eigenvalue weighted by Crippen LogP contribution is 2.04. The third-order valence-corrected chi connectivity index (χ3v) is 0.906. The minimum atomic E-state index is -0.796. The second-order valence-corrected chi connectivity index (χ2v) is 1.59. The molecule has 0 spiro atoms. The van der Waals surface area contributed by atoms with Gasteiger partial charge in [0.15, 0.2) is 0 Å². The van der Waals surface area contributed by atoms with Gasteiger partial charge in [0.25, 0.3) is 0 Å². The van der Waals surface area contributed by atoms with Gasteiger partial charge in [-0.05, 0) is 12.2 Å². The molecule has 0 saturated heterocycles. The number of halogens is 1. The lowest BCUT2D eigenvalue weighted by Crippen LogP contribution is -2.10. The molecule has 1 aliphatic carbocycles. The van der Waals surface area contributed by atoms with E-state index in [-0.39, 0.29) is 0 Å². The van der Waals surface area contributed by atoms with Crippen molar-refractivity contribution in [1.29, 1.82) is 0 Å². The van der Waals surface area contributed by atoms with Crippen molar-refractivity contribution in [2.24, 2.45) is 0 Å². The summed E-state index contributed by atoms with van der Waals surface area (Å²) in [6.45, 7) is 0. The summed E-state index contributed by atoms with van der Waals surface area (Å²) in [6.07, 6.45) is 2.55. The molecule has 2 nitrogen and oxygen atoms in total. The number of hydrogen-bond acceptors (Lipinski definition) is 2. The van der Waals surface area contributed by atoms with Crippen molar-refractivity contribution in [2.75, 3.05) is 0 Å². The van der Waals surface area contributed by atoms with Crippen LogP contribution in [-0.2, 0) is 9.59 Å². The molecular formula is C6H3FO2. The summed E-state index contributed by atoms with van der Waals surface area (Å²) in [5.41, 5.74) is 0. The molecule has 0 amide bonds. The van der Waals surface area contributed by atoms with Crippen LogP contribution < -0.4 is 0 Å². The molecule has 0 aromatic heterocycles. The Kier molecular flexibility index (Phi) is 1.26. The highest BCUT2D eigenvalue weighted by molar-refractivity contribution is 6.46. The first-order valence-corrected chi connectivity index (χ1v) is 2.34. The third kappa shape index (κ3) is 1.10. The van der Waals surface area contributed by atoms with Gasteiger partial charge in [0.2, 0.25) is 11.6 Å². The van der Waals surface area contributed by atoms with Crippen LogP contribution in [0.2, 0.25) is 0 Å². The SMILES string of the molecule is O=C1C=CC(F)=CC1=O. The predicted molar refractivity (Wildman–Crippen MR) is 28.3 cm³/mol. The first kappa shape index (κ1) is 5.88. The number of rotatable bonds is 0. The molecule has 1 rings (SSSR count). The normalized spacial score (nSPS) is 18.1. The third-order valence-electron chi connectivity index (χ3n) is 0.906. The lowest BCUT2D eigenvalue weighted by molar-refractivity contribution is -0.131. The molecule has 9 heavy (non-hydrogen) atoms. The molecule has 0 fully saturated rings. The average Bonchev–Trinajstić information content (AvgIpc) is 1.80. The maximum Gasteiger partial charge on any atom is 0.228 e. The fraction of sp³-hybridized carbons (Fsp3) is 0. The first-order chi connectivity index (χ1) is 4.20. The highest BCUT2D eigenvalue weighted by Gasteiger charge is 2.11. The summed E-state index contributed by atoms with van der Waals surface area (Å²) in [5.74, 6) is -2.13. The topological polar surface area (TPSA) is 34.1 Å². The van der Waals surface area contributed by atoms with E-state index in [0.29, 0.717) is 6.08 Å². The largest absolute Gasteiger partial charge is 0.286 e. The average molecular weight is 126 g/mol. The van der Waals surface area contributed by atoms with E-state index in [9.17, 15) is 14.0 Å². The van der Waals surface area contributed by atoms with Crippen molar-refractivity contribution in [3.8, 4) is 0 Å². The second-order valence-electron chi connectivity index (χ2n) is 1.59. The van der Waals surface area contributed by atoms with Crippen LogP contribution in [-0.4, -0.2) is 11.6 Å². The van der Waals surface area contributed by atoms with E-state index in [1.807, 2.05) is 0 Å². The van der Waals surface area contributed by atoms with Gasteiger partial charge in [0.1, 0.15) is 5.83 Å². The summed E-state index contributed by atoms with van der Waals surface area (Å²) >= 11 is 0. The molecule has 0 aromatic carbocycles. The number of hydrogen-bond donors (Lipinski definition) is 0. The second kappa shape index (κ2) is 1.93. The Morgan fingerprint density at radius 2 is 1.78 bits per heavy atom. The molecule has 0 aromatic rings. The lowest BCUT2D eigenvalue weighted by atomic mass is 10.1. The van der Waals surface area contributed by atoms with Crippen molar-refractivity contribution >= 4 is 11.6 Å². The van der Waals surface area contributed by atoms with E-state index in [2.05, 4.69) is 0 Å². The van der Waals surface area contributed by atoms with Gasteiger partial charge in [-0.2, -0.15) is 0 Å². The Morgan fingerprint density at radius 1 is 1.11 bits per heavy atom. The van der Waals surface area contributed by atoms with E-state index in [1.165, 1.54) is 0 Å². The van der Waals surface area contributed by atoms with E-state index < -0.39 is 17.4 Å². The van der Waals surface area contributed by atoms with Crippen molar-refractivity contribution in [3.05, 3.63) is 24.1 Å². The molecule has 0 heterocycles. The van der Waals surface area contributed by atoms with Crippen LogP contribution in [0.5, 0.6) is 0 Å². The van der Waals surface area contributed by atoms with Crippen LogP contribution in [0.25, 0.3) is 0 Å². The highest BCUT2D eigenvalue weighted by atomic mass is 19.1. The van der Waals surface area contributed by atoms with Crippen molar-refractivity contribution in [3.63, 3.8) is 0 Å². The van der Waals surface area contributed by atoms with Gasteiger partial charge in [-0.15, -0.1) is 0 Å². The van der Waals surface area contributed by atoms with E-state index in [0.717, 1.165) is 12.2 Å². The summed E-state index contributed by atoms with van der Waals surface area (Å²) in [5, 5.41) is 0. The molecular weight excluding hydrogens is 123 g/mol. The summed E-state index contributed by atoms with van der Waals surface area (Å²) in [7, 11) is 0. The van der Waals surface area contributed by atoms with Crippen LogP contribution >= 0.6 is 0 Å². The van der Waals surface area contributed by atoms with Gasteiger partial charge in [0, 0.05) is 6.08 Å². The number of ketones is 2. The molecule has 0 unspecified atom stereocenters. The van der Waals surface area contributed by atoms with Crippen LogP contribution in [0.3, 0.4) is 0 Å². The smallest absolute Gasteiger partial charge is 0.228 e. The molecule has 0 radical (unpaired) electrons. The summed E-state index contributed by atoms with van der Waals surface area (Å²) in [4.78, 5) is 20.6. The van der Waals surface area contributed by atoms with Crippen LogP contribution in [0.15, 0.2) is 24.1 Å². The maximum atomic E-state index is 12.0. The van der Waals surface area contributed by atoms with Gasteiger partial charge < -0.3 is 0 Å². The lowest BCUT2D eigenvalue weighted by Gasteiger charge is -1.92. The van der Waals surface area contributed by atoms with Gasteiger partial charge in [-0.3, -0.25) is 9.59 Å². The fourth-order valence-corrected chi connectivity index (χ4v) is 0.482. The minimum absolute atomic E-state index is 0.667. The summed E-state index contributed by atoms with van der Waals surface area (Å²) < 4.78 is 12.0. The van der Waals surface area contributed by atoms with Crippen LogP contribution in [0.1, 0.15) is 0 Å². The monoisotopic (exact) mass is 126 g/mol.